The Morgan fingerprint density at radius 3 is 2.74 bits per heavy atom. The third-order valence-corrected chi connectivity index (χ3v) is 5.41. The molecule has 5 nitrogen and oxygen atoms in total. The number of piperidine rings is 1. The van der Waals surface area contributed by atoms with Crippen LogP contribution in [-0.2, 0) is 10.0 Å². The van der Waals surface area contributed by atoms with Crippen LogP contribution in [0.2, 0.25) is 0 Å². The summed E-state index contributed by atoms with van der Waals surface area (Å²) in [4.78, 5) is 2.50. The molecular weight excluding hydrogens is 262 g/mol. The molecule has 2 saturated heterocycles. The molecule has 2 fully saturated rings. The van der Waals surface area contributed by atoms with Gasteiger partial charge in [-0.15, -0.1) is 0 Å². The average Bonchev–Trinajstić information content (AvgIpc) is 2.53. The molecule has 2 heterocycles. The lowest BCUT2D eigenvalue weighted by Crippen LogP contribution is -2.44. The summed E-state index contributed by atoms with van der Waals surface area (Å²) in [6, 6.07) is 0.539. The molecule has 0 aliphatic carbocycles. The molecule has 2 atom stereocenters. The summed E-state index contributed by atoms with van der Waals surface area (Å²) in [6.07, 6.45) is 4.67. The van der Waals surface area contributed by atoms with E-state index < -0.39 is 10.0 Å². The lowest BCUT2D eigenvalue weighted by atomic mass is 9.99. The Morgan fingerprint density at radius 2 is 2.00 bits per heavy atom. The normalized spacial score (nSPS) is 32.1. The standard InChI is InChI=1S/C13H27N3O2S/c1-12-9-15(7-4-6-14-12)10-13-5-3-8-16(11-13)19(2,17)18/h12-14H,3-11H2,1-2H3. The third kappa shape index (κ3) is 4.70. The number of sulfonamides is 1. The van der Waals surface area contributed by atoms with Gasteiger partial charge in [-0.3, -0.25) is 0 Å². The van der Waals surface area contributed by atoms with Crippen molar-refractivity contribution in [3.05, 3.63) is 0 Å². The molecule has 2 rings (SSSR count). The summed E-state index contributed by atoms with van der Waals surface area (Å²) >= 11 is 0. The lowest BCUT2D eigenvalue weighted by Gasteiger charge is -2.34. The summed E-state index contributed by atoms with van der Waals surface area (Å²) in [6.45, 7) is 7.98. The minimum Gasteiger partial charge on any atom is -0.313 e. The molecule has 0 saturated carbocycles. The topological polar surface area (TPSA) is 52.7 Å². The maximum Gasteiger partial charge on any atom is 0.211 e. The lowest BCUT2D eigenvalue weighted by molar-refractivity contribution is 0.178. The van der Waals surface area contributed by atoms with E-state index in [4.69, 9.17) is 0 Å². The number of rotatable bonds is 3. The first-order valence-electron chi connectivity index (χ1n) is 7.36. The first kappa shape index (κ1) is 15.2. The molecule has 0 aromatic carbocycles. The van der Waals surface area contributed by atoms with E-state index in [1.54, 1.807) is 4.31 Å². The van der Waals surface area contributed by atoms with E-state index in [9.17, 15) is 8.42 Å². The molecule has 19 heavy (non-hydrogen) atoms. The molecule has 0 aromatic heterocycles. The van der Waals surface area contributed by atoms with Gasteiger partial charge in [0.1, 0.15) is 0 Å². The number of hydrogen-bond acceptors (Lipinski definition) is 4. The van der Waals surface area contributed by atoms with Crippen molar-refractivity contribution in [1.29, 1.82) is 0 Å². The highest BCUT2D eigenvalue weighted by Crippen LogP contribution is 2.20. The predicted molar refractivity (Wildman–Crippen MR) is 77.7 cm³/mol. The maximum atomic E-state index is 11.6. The summed E-state index contributed by atoms with van der Waals surface area (Å²) < 4.78 is 24.9. The molecular formula is C13H27N3O2S. The molecule has 0 bridgehead atoms. The molecule has 0 spiro atoms. The molecule has 0 radical (unpaired) electrons. The minimum atomic E-state index is -3.02. The van der Waals surface area contributed by atoms with Crippen LogP contribution in [0.15, 0.2) is 0 Å². The van der Waals surface area contributed by atoms with Crippen LogP contribution >= 0.6 is 0 Å². The second kappa shape index (κ2) is 6.52. The van der Waals surface area contributed by atoms with Gasteiger partial charge in [0.25, 0.3) is 0 Å². The van der Waals surface area contributed by atoms with Crippen molar-refractivity contribution in [3.63, 3.8) is 0 Å². The van der Waals surface area contributed by atoms with Gasteiger partial charge in [-0.1, -0.05) is 0 Å². The largest absolute Gasteiger partial charge is 0.313 e. The summed E-state index contributed by atoms with van der Waals surface area (Å²) in [7, 11) is -3.02. The molecule has 2 aliphatic heterocycles. The van der Waals surface area contributed by atoms with Gasteiger partial charge in [0.2, 0.25) is 10.0 Å². The van der Waals surface area contributed by atoms with Crippen molar-refractivity contribution in [2.75, 3.05) is 45.5 Å². The van der Waals surface area contributed by atoms with Gasteiger partial charge in [-0.2, -0.15) is 0 Å². The Morgan fingerprint density at radius 1 is 1.21 bits per heavy atom. The van der Waals surface area contributed by atoms with Gasteiger partial charge >= 0.3 is 0 Å². The summed E-state index contributed by atoms with van der Waals surface area (Å²) in [5.74, 6) is 0.494. The van der Waals surface area contributed by atoms with E-state index in [0.717, 1.165) is 39.0 Å². The van der Waals surface area contributed by atoms with Crippen LogP contribution in [0.5, 0.6) is 0 Å². The average molecular weight is 289 g/mol. The van der Waals surface area contributed by atoms with Gasteiger partial charge < -0.3 is 10.2 Å². The van der Waals surface area contributed by atoms with Crippen LogP contribution in [0.1, 0.15) is 26.2 Å². The van der Waals surface area contributed by atoms with Crippen molar-refractivity contribution in [3.8, 4) is 0 Å². The number of hydrogen-bond donors (Lipinski definition) is 1. The SMILES string of the molecule is CC1CN(CC2CCCN(S(C)(=O)=O)C2)CCCN1. The predicted octanol–water partition coefficient (Wildman–Crippen LogP) is 0.342. The van der Waals surface area contributed by atoms with Crippen molar-refractivity contribution in [2.24, 2.45) is 5.92 Å². The van der Waals surface area contributed by atoms with Crippen molar-refractivity contribution < 1.29 is 8.42 Å². The molecule has 2 aliphatic rings. The number of nitrogens with one attached hydrogen (secondary N) is 1. The maximum absolute atomic E-state index is 11.6. The van der Waals surface area contributed by atoms with E-state index in [2.05, 4.69) is 17.1 Å². The highest BCUT2D eigenvalue weighted by Gasteiger charge is 2.27. The zero-order valence-corrected chi connectivity index (χ0v) is 13.0. The van der Waals surface area contributed by atoms with Crippen LogP contribution < -0.4 is 5.32 Å². The minimum absolute atomic E-state index is 0.494. The molecule has 1 N–H and O–H groups in total. The van der Waals surface area contributed by atoms with Gasteiger partial charge in [0.15, 0.2) is 0 Å². The Hall–Kier alpha value is -0.170. The highest BCUT2D eigenvalue weighted by molar-refractivity contribution is 7.88. The fraction of sp³-hybridized carbons (Fsp3) is 1.00. The van der Waals surface area contributed by atoms with E-state index in [-0.39, 0.29) is 0 Å². The van der Waals surface area contributed by atoms with E-state index >= 15 is 0 Å². The third-order valence-electron chi connectivity index (χ3n) is 4.14. The second-order valence-corrected chi connectivity index (χ2v) is 8.08. The first-order valence-corrected chi connectivity index (χ1v) is 9.21. The van der Waals surface area contributed by atoms with Crippen LogP contribution in [0.3, 0.4) is 0 Å². The van der Waals surface area contributed by atoms with Crippen molar-refractivity contribution in [1.82, 2.24) is 14.5 Å². The van der Waals surface area contributed by atoms with E-state index in [1.165, 1.54) is 12.7 Å². The van der Waals surface area contributed by atoms with Crippen LogP contribution in [-0.4, -0.2) is 69.2 Å². The molecule has 0 aromatic rings. The Kier molecular flexibility index (Phi) is 5.22. The van der Waals surface area contributed by atoms with Crippen molar-refractivity contribution in [2.45, 2.75) is 32.2 Å². The molecule has 2 unspecified atom stereocenters. The highest BCUT2D eigenvalue weighted by atomic mass is 32.2. The Bertz CT molecular complexity index is 385. The van der Waals surface area contributed by atoms with Gasteiger partial charge in [0, 0.05) is 32.2 Å². The monoisotopic (exact) mass is 289 g/mol. The van der Waals surface area contributed by atoms with Gasteiger partial charge in [0.05, 0.1) is 6.26 Å². The zero-order valence-electron chi connectivity index (χ0n) is 12.1. The van der Waals surface area contributed by atoms with Crippen LogP contribution in [0.4, 0.5) is 0 Å². The van der Waals surface area contributed by atoms with E-state index in [1.807, 2.05) is 0 Å². The molecule has 6 heteroatoms. The Labute approximate surface area is 117 Å². The fourth-order valence-corrected chi connectivity index (χ4v) is 4.14. The quantitative estimate of drug-likeness (QED) is 0.814. The zero-order chi connectivity index (χ0) is 13.9. The fourth-order valence-electron chi connectivity index (χ4n) is 3.20. The number of nitrogens with zero attached hydrogens (tertiary/aromatic N) is 2. The van der Waals surface area contributed by atoms with Crippen molar-refractivity contribution >= 4 is 10.0 Å². The summed E-state index contributed by atoms with van der Waals surface area (Å²) in [5, 5.41) is 3.50. The van der Waals surface area contributed by atoms with Gasteiger partial charge in [-0.05, 0) is 45.2 Å². The smallest absolute Gasteiger partial charge is 0.211 e. The Balaban J connectivity index is 1.88. The van der Waals surface area contributed by atoms with E-state index in [0.29, 0.717) is 25.0 Å². The van der Waals surface area contributed by atoms with Crippen LogP contribution in [0.25, 0.3) is 0 Å². The van der Waals surface area contributed by atoms with Gasteiger partial charge in [-0.25, -0.2) is 12.7 Å². The second-order valence-electron chi connectivity index (χ2n) is 6.10. The molecule has 0 amide bonds. The first-order chi connectivity index (χ1) is 8.95. The molecule has 112 valence electrons. The summed E-state index contributed by atoms with van der Waals surface area (Å²) in [5.41, 5.74) is 0. The van der Waals surface area contributed by atoms with Crippen LogP contribution in [0, 0.1) is 5.92 Å².